The molecule has 3 heteroatoms. The predicted octanol–water partition coefficient (Wildman–Crippen LogP) is 3.29. The molecule has 0 aromatic heterocycles. The molecule has 1 aromatic rings. The van der Waals surface area contributed by atoms with Crippen LogP contribution in [-0.2, 0) is 0 Å². The minimum Gasteiger partial charge on any atom is -0.493 e. The minimum absolute atomic E-state index is 0.799. The fourth-order valence-corrected chi connectivity index (χ4v) is 2.04. The summed E-state index contributed by atoms with van der Waals surface area (Å²) in [4.78, 5) is 0. The van der Waals surface area contributed by atoms with Gasteiger partial charge in [0.25, 0.3) is 0 Å². The SMILES string of the molecule is Cc1ccc(C)c(OCCCCNCCS)c1C. The maximum Gasteiger partial charge on any atom is 0.125 e. The monoisotopic (exact) mass is 267 g/mol. The van der Waals surface area contributed by atoms with Crippen LogP contribution in [0.5, 0.6) is 5.75 Å². The van der Waals surface area contributed by atoms with Crippen molar-refractivity contribution >= 4 is 12.6 Å². The quantitative estimate of drug-likeness (QED) is 0.557. The largest absolute Gasteiger partial charge is 0.493 e. The first-order chi connectivity index (χ1) is 8.66. The van der Waals surface area contributed by atoms with Crippen molar-refractivity contribution in [1.29, 1.82) is 0 Å². The number of ether oxygens (including phenoxy) is 1. The summed E-state index contributed by atoms with van der Waals surface area (Å²) >= 11 is 4.16. The number of hydrogen-bond donors (Lipinski definition) is 2. The Morgan fingerprint density at radius 2 is 1.78 bits per heavy atom. The maximum atomic E-state index is 5.91. The molecule has 0 spiro atoms. The van der Waals surface area contributed by atoms with Crippen molar-refractivity contribution < 1.29 is 4.74 Å². The van der Waals surface area contributed by atoms with E-state index >= 15 is 0 Å². The first kappa shape index (κ1) is 15.4. The first-order valence-electron chi connectivity index (χ1n) is 6.68. The van der Waals surface area contributed by atoms with Crippen LogP contribution < -0.4 is 10.1 Å². The lowest BCUT2D eigenvalue weighted by Crippen LogP contribution is -2.18. The molecule has 102 valence electrons. The molecule has 2 nitrogen and oxygen atoms in total. The third-order valence-corrected chi connectivity index (χ3v) is 3.38. The summed E-state index contributed by atoms with van der Waals surface area (Å²) in [6, 6.07) is 4.28. The summed E-state index contributed by atoms with van der Waals surface area (Å²) in [6.07, 6.45) is 2.24. The van der Waals surface area contributed by atoms with Crippen LogP contribution in [0.3, 0.4) is 0 Å². The van der Waals surface area contributed by atoms with Gasteiger partial charge in [0, 0.05) is 12.3 Å². The van der Waals surface area contributed by atoms with Gasteiger partial charge in [0.2, 0.25) is 0 Å². The highest BCUT2D eigenvalue weighted by atomic mass is 32.1. The second kappa shape index (κ2) is 8.44. The average molecular weight is 267 g/mol. The van der Waals surface area contributed by atoms with Gasteiger partial charge in [0.1, 0.15) is 5.75 Å². The van der Waals surface area contributed by atoms with Gasteiger partial charge in [-0.05, 0) is 56.8 Å². The van der Waals surface area contributed by atoms with Crippen LogP contribution in [0.2, 0.25) is 0 Å². The number of rotatable bonds is 8. The molecular formula is C15H25NOS. The zero-order valence-corrected chi connectivity index (χ0v) is 12.6. The van der Waals surface area contributed by atoms with Gasteiger partial charge in [-0.1, -0.05) is 12.1 Å². The molecule has 1 rings (SSSR count). The molecule has 1 aromatic carbocycles. The van der Waals surface area contributed by atoms with Gasteiger partial charge < -0.3 is 10.1 Å². The number of hydrogen-bond acceptors (Lipinski definition) is 3. The zero-order valence-electron chi connectivity index (χ0n) is 11.8. The van der Waals surface area contributed by atoms with Crippen molar-refractivity contribution in [3.05, 3.63) is 28.8 Å². The number of benzene rings is 1. The molecule has 18 heavy (non-hydrogen) atoms. The molecule has 0 fully saturated rings. The lowest BCUT2D eigenvalue weighted by molar-refractivity contribution is 0.302. The van der Waals surface area contributed by atoms with Crippen LogP contribution in [0.1, 0.15) is 29.5 Å². The van der Waals surface area contributed by atoms with Crippen LogP contribution in [-0.4, -0.2) is 25.4 Å². The van der Waals surface area contributed by atoms with Gasteiger partial charge in [-0.25, -0.2) is 0 Å². The zero-order chi connectivity index (χ0) is 13.4. The molecule has 0 aliphatic heterocycles. The van der Waals surface area contributed by atoms with Gasteiger partial charge in [-0.2, -0.15) is 12.6 Å². The van der Waals surface area contributed by atoms with E-state index in [0.29, 0.717) is 0 Å². The van der Waals surface area contributed by atoms with Gasteiger partial charge in [-0.15, -0.1) is 0 Å². The Bertz CT molecular complexity index is 366. The third-order valence-electron chi connectivity index (χ3n) is 3.16. The molecule has 0 aliphatic carbocycles. The second-order valence-corrected chi connectivity index (χ2v) is 5.13. The van der Waals surface area contributed by atoms with Gasteiger partial charge in [0.15, 0.2) is 0 Å². The van der Waals surface area contributed by atoms with Gasteiger partial charge >= 0.3 is 0 Å². The van der Waals surface area contributed by atoms with E-state index in [0.717, 1.165) is 44.0 Å². The van der Waals surface area contributed by atoms with Crippen molar-refractivity contribution in [2.75, 3.05) is 25.4 Å². The molecule has 0 saturated carbocycles. The Kier molecular flexibility index (Phi) is 7.21. The Labute approximate surface area is 117 Å². The summed E-state index contributed by atoms with van der Waals surface area (Å²) in [5.74, 6) is 1.97. The van der Waals surface area contributed by atoms with Crippen LogP contribution in [0, 0.1) is 20.8 Å². The Morgan fingerprint density at radius 1 is 1.06 bits per heavy atom. The number of thiol groups is 1. The van der Waals surface area contributed by atoms with E-state index in [9.17, 15) is 0 Å². The van der Waals surface area contributed by atoms with Crippen molar-refractivity contribution in [2.45, 2.75) is 33.6 Å². The summed E-state index contributed by atoms with van der Waals surface area (Å²) < 4.78 is 5.91. The first-order valence-corrected chi connectivity index (χ1v) is 7.31. The van der Waals surface area contributed by atoms with Crippen molar-refractivity contribution in [3.8, 4) is 5.75 Å². The summed E-state index contributed by atoms with van der Waals surface area (Å²) in [6.45, 7) is 9.20. The minimum atomic E-state index is 0.799. The highest BCUT2D eigenvalue weighted by molar-refractivity contribution is 7.80. The van der Waals surface area contributed by atoms with E-state index in [1.807, 2.05) is 0 Å². The van der Waals surface area contributed by atoms with Gasteiger partial charge in [0.05, 0.1) is 6.61 Å². The third kappa shape index (κ3) is 4.91. The maximum absolute atomic E-state index is 5.91. The van der Waals surface area contributed by atoms with E-state index in [4.69, 9.17) is 4.74 Å². The smallest absolute Gasteiger partial charge is 0.125 e. The number of aryl methyl sites for hydroxylation is 2. The lowest BCUT2D eigenvalue weighted by atomic mass is 10.1. The van der Waals surface area contributed by atoms with Crippen LogP contribution in [0.4, 0.5) is 0 Å². The molecule has 0 unspecified atom stereocenters. The highest BCUT2D eigenvalue weighted by Crippen LogP contribution is 2.25. The van der Waals surface area contributed by atoms with E-state index in [-0.39, 0.29) is 0 Å². The highest BCUT2D eigenvalue weighted by Gasteiger charge is 2.05. The molecule has 0 aliphatic rings. The van der Waals surface area contributed by atoms with Crippen molar-refractivity contribution in [3.63, 3.8) is 0 Å². The molecule has 0 amide bonds. The summed E-state index contributed by atoms with van der Waals surface area (Å²) in [5, 5.41) is 3.33. The van der Waals surface area contributed by atoms with Crippen LogP contribution >= 0.6 is 12.6 Å². The van der Waals surface area contributed by atoms with E-state index in [1.165, 1.54) is 16.7 Å². The normalized spacial score (nSPS) is 10.7. The average Bonchev–Trinajstić information content (AvgIpc) is 2.36. The molecule has 0 atom stereocenters. The molecule has 1 N–H and O–H groups in total. The second-order valence-electron chi connectivity index (χ2n) is 4.68. The molecule has 0 bridgehead atoms. The van der Waals surface area contributed by atoms with Crippen LogP contribution in [0.25, 0.3) is 0 Å². The standard InChI is InChI=1S/C15H25NOS/c1-12-6-7-13(2)15(14(12)3)17-10-5-4-8-16-9-11-18/h6-7,16,18H,4-5,8-11H2,1-3H3. The Balaban J connectivity index is 2.29. The van der Waals surface area contributed by atoms with Gasteiger partial charge in [-0.3, -0.25) is 0 Å². The predicted molar refractivity (Wildman–Crippen MR) is 82.1 cm³/mol. The summed E-state index contributed by atoms with van der Waals surface area (Å²) in [5.41, 5.74) is 3.79. The molecule has 0 saturated heterocycles. The lowest BCUT2D eigenvalue weighted by Gasteiger charge is -2.14. The van der Waals surface area contributed by atoms with Crippen molar-refractivity contribution in [2.24, 2.45) is 0 Å². The fourth-order valence-electron chi connectivity index (χ4n) is 1.88. The van der Waals surface area contributed by atoms with Crippen LogP contribution in [0.15, 0.2) is 12.1 Å². The molecular weight excluding hydrogens is 242 g/mol. The van der Waals surface area contributed by atoms with E-state index in [2.05, 4.69) is 50.8 Å². The van der Waals surface area contributed by atoms with Crippen molar-refractivity contribution in [1.82, 2.24) is 5.32 Å². The molecule has 0 heterocycles. The topological polar surface area (TPSA) is 21.3 Å². The van der Waals surface area contributed by atoms with E-state index in [1.54, 1.807) is 0 Å². The summed E-state index contributed by atoms with van der Waals surface area (Å²) in [7, 11) is 0. The number of unbranched alkanes of at least 4 members (excludes halogenated alkanes) is 1. The van der Waals surface area contributed by atoms with E-state index < -0.39 is 0 Å². The molecule has 0 radical (unpaired) electrons. The number of nitrogens with one attached hydrogen (secondary N) is 1. The fraction of sp³-hybridized carbons (Fsp3) is 0.600. The Hall–Kier alpha value is -0.670. The Morgan fingerprint density at radius 3 is 2.50 bits per heavy atom.